The molecule has 1 amide bonds. The summed E-state index contributed by atoms with van der Waals surface area (Å²) in [7, 11) is 0. The first kappa shape index (κ1) is 18.5. The average Bonchev–Trinajstić information content (AvgIpc) is 2.38. The fraction of sp³-hybridized carbons (Fsp3) is 0.714. The summed E-state index contributed by atoms with van der Waals surface area (Å²) >= 11 is 6.45. The lowest BCUT2D eigenvalue weighted by Crippen LogP contribution is -2.21. The van der Waals surface area contributed by atoms with Crippen molar-refractivity contribution in [3.8, 4) is 0 Å². The van der Waals surface area contributed by atoms with Gasteiger partial charge in [0.15, 0.2) is 5.12 Å². The number of alkyl halides is 1. The predicted octanol–water partition coefficient (Wildman–Crippen LogP) is 3.87. The molecule has 0 aliphatic heterocycles. The molecule has 0 spiro atoms. The quantitative estimate of drug-likeness (QED) is 0.358. The van der Waals surface area contributed by atoms with E-state index < -0.39 is 0 Å². The van der Waals surface area contributed by atoms with E-state index in [1.807, 2.05) is 0 Å². The summed E-state index contributed by atoms with van der Waals surface area (Å²) < 4.78 is 0. The molecule has 0 fully saturated rings. The van der Waals surface area contributed by atoms with Crippen LogP contribution < -0.4 is 5.32 Å². The van der Waals surface area contributed by atoms with Gasteiger partial charge in [-0.1, -0.05) is 50.8 Å². The molecule has 0 aromatic rings. The third-order valence-electron chi connectivity index (χ3n) is 2.55. The zero-order valence-corrected chi connectivity index (χ0v) is 13.2. The van der Waals surface area contributed by atoms with Crippen LogP contribution in [0, 0.1) is 0 Å². The molecule has 3 nitrogen and oxygen atoms in total. The van der Waals surface area contributed by atoms with E-state index in [-0.39, 0.29) is 11.0 Å². The third kappa shape index (κ3) is 13.7. The van der Waals surface area contributed by atoms with Gasteiger partial charge in [0.25, 0.3) is 0 Å². The zero-order chi connectivity index (χ0) is 14.3. The molecule has 0 heterocycles. The number of nitrogens with one attached hydrogen (secondary N) is 1. The van der Waals surface area contributed by atoms with E-state index in [9.17, 15) is 9.59 Å². The second-order valence-corrected chi connectivity index (χ2v) is 5.63. The number of hydrogen-bond acceptors (Lipinski definition) is 3. The van der Waals surface area contributed by atoms with Crippen LogP contribution in [0.1, 0.15) is 51.9 Å². The number of carbonyl (C=O) groups excluding carboxylic acids is 2. The summed E-state index contributed by atoms with van der Waals surface area (Å²) in [6.07, 6.45) is 8.97. The van der Waals surface area contributed by atoms with Crippen LogP contribution in [0.25, 0.3) is 0 Å². The lowest BCUT2D eigenvalue weighted by atomic mass is 10.1. The van der Waals surface area contributed by atoms with E-state index in [4.69, 9.17) is 11.6 Å². The van der Waals surface area contributed by atoms with E-state index in [2.05, 4.69) is 12.2 Å². The van der Waals surface area contributed by atoms with Crippen LogP contribution in [0.3, 0.4) is 0 Å². The number of thioether (sulfide) groups is 1. The van der Waals surface area contributed by atoms with Crippen LogP contribution in [-0.2, 0) is 9.59 Å². The number of rotatable bonds is 11. The standard InChI is InChI=1S/C14H24ClNO2S/c1-2-3-4-5-6-7-11-16-13(17)9-12-19-14(18)8-10-15/h9,12H,2-8,10-11H2,1H3,(H,16,17)/b12-9-. The maximum absolute atomic E-state index is 11.4. The molecule has 5 heteroatoms. The molecule has 110 valence electrons. The highest BCUT2D eigenvalue weighted by Crippen LogP contribution is 2.07. The van der Waals surface area contributed by atoms with Crippen molar-refractivity contribution in [1.82, 2.24) is 5.32 Å². The number of hydrogen-bond donors (Lipinski definition) is 1. The van der Waals surface area contributed by atoms with Gasteiger partial charge in [-0.25, -0.2) is 0 Å². The number of carbonyl (C=O) groups is 2. The lowest BCUT2D eigenvalue weighted by molar-refractivity contribution is -0.116. The second kappa shape index (κ2) is 13.9. The molecule has 0 saturated heterocycles. The molecule has 0 aromatic heterocycles. The van der Waals surface area contributed by atoms with Crippen LogP contribution >= 0.6 is 23.4 Å². The summed E-state index contributed by atoms with van der Waals surface area (Å²) in [4.78, 5) is 22.5. The Hall–Kier alpha value is -0.480. The Kier molecular flexibility index (Phi) is 13.6. The van der Waals surface area contributed by atoms with Crippen molar-refractivity contribution in [1.29, 1.82) is 0 Å². The minimum absolute atomic E-state index is 0.0185. The van der Waals surface area contributed by atoms with Gasteiger partial charge in [0.05, 0.1) is 0 Å². The van der Waals surface area contributed by atoms with Gasteiger partial charge >= 0.3 is 0 Å². The fourth-order valence-corrected chi connectivity index (χ4v) is 2.33. The van der Waals surface area contributed by atoms with Gasteiger partial charge in [0.1, 0.15) is 0 Å². The number of unbranched alkanes of at least 4 members (excludes halogenated alkanes) is 5. The van der Waals surface area contributed by atoms with Gasteiger partial charge in [-0.2, -0.15) is 0 Å². The molecule has 0 saturated carbocycles. The second-order valence-electron chi connectivity index (χ2n) is 4.29. The molecule has 0 bridgehead atoms. The lowest BCUT2D eigenvalue weighted by Gasteiger charge is -2.02. The number of amides is 1. The van der Waals surface area contributed by atoms with E-state index in [0.29, 0.717) is 18.8 Å². The van der Waals surface area contributed by atoms with Crippen molar-refractivity contribution in [2.45, 2.75) is 51.9 Å². The Morgan fingerprint density at radius 3 is 2.53 bits per heavy atom. The van der Waals surface area contributed by atoms with Crippen LogP contribution in [0.2, 0.25) is 0 Å². The Bertz CT molecular complexity index is 283. The number of halogens is 1. The Morgan fingerprint density at radius 1 is 1.16 bits per heavy atom. The SMILES string of the molecule is CCCCCCCCNC(=O)/C=C\SC(=O)CCCl. The third-order valence-corrected chi connectivity index (χ3v) is 3.48. The first-order valence-electron chi connectivity index (χ1n) is 6.90. The Balaban J connectivity index is 3.43. The van der Waals surface area contributed by atoms with Crippen LogP contribution in [0.4, 0.5) is 0 Å². The van der Waals surface area contributed by atoms with E-state index in [1.165, 1.54) is 37.2 Å². The molecule has 0 aliphatic rings. The highest BCUT2D eigenvalue weighted by Gasteiger charge is 1.99. The van der Waals surface area contributed by atoms with Gasteiger partial charge in [0, 0.05) is 24.9 Å². The van der Waals surface area contributed by atoms with E-state index in [1.54, 1.807) is 0 Å². The van der Waals surface area contributed by atoms with Gasteiger partial charge in [0.2, 0.25) is 5.91 Å². The maximum Gasteiger partial charge on any atom is 0.244 e. The molecule has 19 heavy (non-hydrogen) atoms. The Labute approximate surface area is 125 Å². The van der Waals surface area contributed by atoms with Crippen LogP contribution in [-0.4, -0.2) is 23.4 Å². The van der Waals surface area contributed by atoms with Crippen molar-refractivity contribution in [2.75, 3.05) is 12.4 Å². The highest BCUT2D eigenvalue weighted by atomic mass is 35.5. The first-order valence-corrected chi connectivity index (χ1v) is 8.32. The molecule has 0 aromatic carbocycles. The minimum Gasteiger partial charge on any atom is -0.353 e. The summed E-state index contributed by atoms with van der Waals surface area (Å²) in [5.41, 5.74) is 0. The molecule has 0 atom stereocenters. The van der Waals surface area contributed by atoms with Crippen molar-refractivity contribution >= 4 is 34.4 Å². The highest BCUT2D eigenvalue weighted by molar-refractivity contribution is 8.16. The van der Waals surface area contributed by atoms with Gasteiger partial charge < -0.3 is 5.32 Å². The van der Waals surface area contributed by atoms with Gasteiger partial charge in [-0.05, 0) is 11.8 Å². The summed E-state index contributed by atoms with van der Waals surface area (Å²) in [6, 6.07) is 0. The van der Waals surface area contributed by atoms with E-state index in [0.717, 1.165) is 24.6 Å². The van der Waals surface area contributed by atoms with Gasteiger partial charge in [-0.3, -0.25) is 9.59 Å². The van der Waals surface area contributed by atoms with E-state index >= 15 is 0 Å². The maximum atomic E-state index is 11.4. The molecule has 0 radical (unpaired) electrons. The molecule has 0 rings (SSSR count). The minimum atomic E-state index is -0.139. The van der Waals surface area contributed by atoms with Crippen molar-refractivity contribution < 1.29 is 9.59 Å². The normalized spacial score (nSPS) is 10.8. The van der Waals surface area contributed by atoms with Crippen molar-refractivity contribution in [2.24, 2.45) is 0 Å². The molecule has 0 aliphatic carbocycles. The smallest absolute Gasteiger partial charge is 0.244 e. The summed E-state index contributed by atoms with van der Waals surface area (Å²) in [5.74, 6) is 0.184. The molecular weight excluding hydrogens is 282 g/mol. The summed E-state index contributed by atoms with van der Waals surface area (Å²) in [5, 5.41) is 4.30. The van der Waals surface area contributed by atoms with Gasteiger partial charge in [-0.15, -0.1) is 11.6 Å². The largest absolute Gasteiger partial charge is 0.353 e. The molecule has 1 N–H and O–H groups in total. The van der Waals surface area contributed by atoms with Crippen molar-refractivity contribution in [3.05, 3.63) is 11.5 Å². The molecular formula is C14H24ClNO2S. The summed E-state index contributed by atoms with van der Waals surface area (Å²) in [6.45, 7) is 2.90. The van der Waals surface area contributed by atoms with Crippen LogP contribution in [0.5, 0.6) is 0 Å². The average molecular weight is 306 g/mol. The fourth-order valence-electron chi connectivity index (χ4n) is 1.48. The van der Waals surface area contributed by atoms with Crippen LogP contribution in [0.15, 0.2) is 11.5 Å². The predicted molar refractivity (Wildman–Crippen MR) is 83.5 cm³/mol. The molecule has 0 unspecified atom stereocenters. The van der Waals surface area contributed by atoms with Crippen molar-refractivity contribution in [3.63, 3.8) is 0 Å². The Morgan fingerprint density at radius 2 is 1.84 bits per heavy atom. The topological polar surface area (TPSA) is 46.2 Å². The first-order chi connectivity index (χ1) is 9.20. The monoisotopic (exact) mass is 305 g/mol. The zero-order valence-electron chi connectivity index (χ0n) is 11.6.